The lowest BCUT2D eigenvalue weighted by Gasteiger charge is -2.43. The van der Waals surface area contributed by atoms with Crippen LogP contribution in [0.2, 0.25) is 0 Å². The first-order valence-corrected chi connectivity index (χ1v) is 8.62. The molecule has 2 heteroatoms. The van der Waals surface area contributed by atoms with Gasteiger partial charge in [0.15, 0.2) is 0 Å². The highest BCUT2D eigenvalue weighted by Gasteiger charge is 2.37. The first-order chi connectivity index (χ1) is 11.3. The lowest BCUT2D eigenvalue weighted by molar-refractivity contribution is -0.122. The highest BCUT2D eigenvalue weighted by Crippen LogP contribution is 2.34. The standard InChI is InChI=1S/C21H25NO/c23-18-21(14-8-3-9-15-21)22(16-19-10-4-1-5-11-19)17-20-12-6-2-7-13-20/h1-2,4-7,10-13,18H,3,8-9,14-17H2. The van der Waals surface area contributed by atoms with Crippen molar-refractivity contribution >= 4 is 6.29 Å². The van der Waals surface area contributed by atoms with Crippen LogP contribution in [0, 0.1) is 0 Å². The van der Waals surface area contributed by atoms with Crippen LogP contribution in [0.1, 0.15) is 43.2 Å². The summed E-state index contributed by atoms with van der Waals surface area (Å²) in [7, 11) is 0. The van der Waals surface area contributed by atoms with Gasteiger partial charge in [-0.05, 0) is 24.0 Å². The lowest BCUT2D eigenvalue weighted by Crippen LogP contribution is -2.50. The molecule has 1 aliphatic carbocycles. The van der Waals surface area contributed by atoms with Crippen LogP contribution in [0.3, 0.4) is 0 Å². The third-order valence-electron chi connectivity index (χ3n) is 5.00. The van der Waals surface area contributed by atoms with E-state index in [9.17, 15) is 4.79 Å². The molecule has 2 aromatic rings. The number of aldehydes is 1. The van der Waals surface area contributed by atoms with Gasteiger partial charge >= 0.3 is 0 Å². The molecule has 0 heterocycles. The molecule has 2 nitrogen and oxygen atoms in total. The topological polar surface area (TPSA) is 20.3 Å². The zero-order valence-electron chi connectivity index (χ0n) is 13.7. The summed E-state index contributed by atoms with van der Waals surface area (Å²) in [6.07, 6.45) is 6.74. The van der Waals surface area contributed by atoms with Crippen LogP contribution in [-0.4, -0.2) is 16.7 Å². The molecule has 1 fully saturated rings. The first kappa shape index (κ1) is 15.9. The number of benzene rings is 2. The molecular weight excluding hydrogens is 282 g/mol. The Labute approximate surface area is 139 Å². The molecule has 1 saturated carbocycles. The number of nitrogens with zero attached hydrogens (tertiary/aromatic N) is 1. The third-order valence-corrected chi connectivity index (χ3v) is 5.00. The maximum Gasteiger partial charge on any atom is 0.140 e. The van der Waals surface area contributed by atoms with Gasteiger partial charge < -0.3 is 4.79 Å². The molecule has 0 saturated heterocycles. The van der Waals surface area contributed by atoms with Crippen LogP contribution in [0.15, 0.2) is 60.7 Å². The molecule has 0 atom stereocenters. The highest BCUT2D eigenvalue weighted by atomic mass is 16.1. The Morgan fingerprint density at radius 3 is 1.70 bits per heavy atom. The summed E-state index contributed by atoms with van der Waals surface area (Å²) in [5, 5.41) is 0. The van der Waals surface area contributed by atoms with E-state index in [2.05, 4.69) is 53.4 Å². The summed E-state index contributed by atoms with van der Waals surface area (Å²) in [5.41, 5.74) is 2.25. The molecule has 3 rings (SSSR count). The fourth-order valence-electron chi connectivity index (χ4n) is 3.65. The number of hydrogen-bond donors (Lipinski definition) is 0. The maximum absolute atomic E-state index is 12.1. The van der Waals surface area contributed by atoms with Gasteiger partial charge in [0, 0.05) is 13.1 Å². The van der Waals surface area contributed by atoms with E-state index < -0.39 is 0 Å². The van der Waals surface area contributed by atoms with Crippen LogP contribution in [0.25, 0.3) is 0 Å². The van der Waals surface area contributed by atoms with Crippen molar-refractivity contribution in [2.45, 2.75) is 50.7 Å². The number of rotatable bonds is 6. The van der Waals surface area contributed by atoms with Crippen molar-refractivity contribution < 1.29 is 4.79 Å². The first-order valence-electron chi connectivity index (χ1n) is 8.62. The van der Waals surface area contributed by atoms with Gasteiger partial charge in [0.1, 0.15) is 6.29 Å². The smallest absolute Gasteiger partial charge is 0.140 e. The zero-order chi connectivity index (χ0) is 16.0. The van der Waals surface area contributed by atoms with Crippen molar-refractivity contribution in [1.29, 1.82) is 0 Å². The van der Waals surface area contributed by atoms with E-state index in [0.717, 1.165) is 38.8 Å². The lowest BCUT2D eigenvalue weighted by atomic mass is 9.81. The summed E-state index contributed by atoms with van der Waals surface area (Å²) >= 11 is 0. The van der Waals surface area contributed by atoms with E-state index in [0.29, 0.717) is 0 Å². The fourth-order valence-corrected chi connectivity index (χ4v) is 3.65. The Balaban J connectivity index is 1.87. The third kappa shape index (κ3) is 3.89. The van der Waals surface area contributed by atoms with Gasteiger partial charge in [0.2, 0.25) is 0 Å². The molecule has 2 aromatic carbocycles. The van der Waals surface area contributed by atoms with Crippen molar-refractivity contribution in [2.24, 2.45) is 0 Å². The van der Waals surface area contributed by atoms with E-state index in [1.54, 1.807) is 0 Å². The van der Waals surface area contributed by atoms with Crippen molar-refractivity contribution in [3.63, 3.8) is 0 Å². The Morgan fingerprint density at radius 2 is 1.26 bits per heavy atom. The Kier molecular flexibility index (Phi) is 5.24. The number of carbonyl (C=O) groups excluding carboxylic acids is 1. The minimum atomic E-state index is -0.302. The van der Waals surface area contributed by atoms with Gasteiger partial charge in [-0.2, -0.15) is 0 Å². The molecular formula is C21H25NO. The molecule has 0 spiro atoms. The zero-order valence-corrected chi connectivity index (χ0v) is 13.7. The van der Waals surface area contributed by atoms with Gasteiger partial charge in [-0.3, -0.25) is 4.90 Å². The second-order valence-electron chi connectivity index (χ2n) is 6.61. The molecule has 23 heavy (non-hydrogen) atoms. The molecule has 0 aliphatic heterocycles. The molecule has 0 N–H and O–H groups in total. The molecule has 0 bridgehead atoms. The van der Waals surface area contributed by atoms with Crippen molar-refractivity contribution in [2.75, 3.05) is 0 Å². The Hall–Kier alpha value is -1.93. The molecule has 0 unspecified atom stereocenters. The van der Waals surface area contributed by atoms with Crippen LogP contribution < -0.4 is 0 Å². The molecule has 120 valence electrons. The van der Waals surface area contributed by atoms with Crippen molar-refractivity contribution in [3.8, 4) is 0 Å². The minimum absolute atomic E-state index is 0.302. The average Bonchev–Trinajstić information content (AvgIpc) is 2.63. The van der Waals surface area contributed by atoms with Crippen LogP contribution in [-0.2, 0) is 17.9 Å². The van der Waals surface area contributed by atoms with Crippen LogP contribution in [0.4, 0.5) is 0 Å². The van der Waals surface area contributed by atoms with Crippen LogP contribution in [0.5, 0.6) is 0 Å². The normalized spacial score (nSPS) is 17.1. The Morgan fingerprint density at radius 1 is 0.783 bits per heavy atom. The van der Waals surface area contributed by atoms with Gasteiger partial charge in [-0.1, -0.05) is 79.9 Å². The quantitative estimate of drug-likeness (QED) is 0.727. The molecule has 0 radical (unpaired) electrons. The second kappa shape index (κ2) is 7.56. The van der Waals surface area contributed by atoms with E-state index in [-0.39, 0.29) is 5.54 Å². The van der Waals surface area contributed by atoms with Gasteiger partial charge in [-0.15, -0.1) is 0 Å². The van der Waals surface area contributed by atoms with Gasteiger partial charge in [-0.25, -0.2) is 0 Å². The minimum Gasteiger partial charge on any atom is -0.301 e. The molecule has 1 aliphatic rings. The fraction of sp³-hybridized carbons (Fsp3) is 0.381. The predicted molar refractivity (Wildman–Crippen MR) is 94.0 cm³/mol. The molecule has 0 aromatic heterocycles. The summed E-state index contributed by atoms with van der Waals surface area (Å²) in [6.45, 7) is 1.66. The summed E-state index contributed by atoms with van der Waals surface area (Å²) < 4.78 is 0. The second-order valence-corrected chi connectivity index (χ2v) is 6.61. The summed E-state index contributed by atoms with van der Waals surface area (Å²) in [6, 6.07) is 21.0. The average molecular weight is 307 g/mol. The van der Waals surface area contributed by atoms with Crippen LogP contribution >= 0.6 is 0 Å². The largest absolute Gasteiger partial charge is 0.301 e. The predicted octanol–water partition coefficient (Wildman–Crippen LogP) is 4.59. The molecule has 0 amide bonds. The summed E-state index contributed by atoms with van der Waals surface area (Å²) in [5.74, 6) is 0. The highest BCUT2D eigenvalue weighted by molar-refractivity contribution is 5.64. The number of carbonyl (C=O) groups is 1. The summed E-state index contributed by atoms with van der Waals surface area (Å²) in [4.78, 5) is 14.5. The maximum atomic E-state index is 12.1. The number of hydrogen-bond acceptors (Lipinski definition) is 2. The SMILES string of the molecule is O=CC1(N(Cc2ccccc2)Cc2ccccc2)CCCCC1. The van der Waals surface area contributed by atoms with E-state index in [1.165, 1.54) is 23.8 Å². The van der Waals surface area contributed by atoms with Gasteiger partial charge in [0.05, 0.1) is 5.54 Å². The van der Waals surface area contributed by atoms with E-state index in [1.807, 2.05) is 12.1 Å². The van der Waals surface area contributed by atoms with E-state index in [4.69, 9.17) is 0 Å². The van der Waals surface area contributed by atoms with E-state index >= 15 is 0 Å². The van der Waals surface area contributed by atoms with Crippen molar-refractivity contribution in [1.82, 2.24) is 4.90 Å². The van der Waals surface area contributed by atoms with Gasteiger partial charge in [0.25, 0.3) is 0 Å². The monoisotopic (exact) mass is 307 g/mol. The Bertz CT molecular complexity index is 561. The van der Waals surface area contributed by atoms with Crippen molar-refractivity contribution in [3.05, 3.63) is 71.8 Å².